The maximum absolute atomic E-state index is 6.12. The van der Waals surface area contributed by atoms with Crippen LogP contribution in [0.25, 0.3) is 10.9 Å². The Labute approximate surface area is 119 Å². The average Bonchev–Trinajstić information content (AvgIpc) is 2.80. The third-order valence-corrected chi connectivity index (χ3v) is 3.36. The van der Waals surface area contributed by atoms with E-state index in [1.54, 1.807) is 24.4 Å². The Bertz CT molecular complexity index is 751. The van der Waals surface area contributed by atoms with Crippen LogP contribution >= 0.6 is 23.2 Å². The fourth-order valence-corrected chi connectivity index (χ4v) is 2.31. The predicted octanol–water partition coefficient (Wildman–Crippen LogP) is 4.20. The van der Waals surface area contributed by atoms with Crippen molar-refractivity contribution in [3.63, 3.8) is 0 Å². The van der Waals surface area contributed by atoms with E-state index in [0.717, 1.165) is 22.3 Å². The lowest BCUT2D eigenvalue weighted by molar-refractivity contribution is 1.12. The van der Waals surface area contributed by atoms with Crippen molar-refractivity contribution >= 4 is 51.2 Å². The van der Waals surface area contributed by atoms with Gasteiger partial charge in [-0.1, -0.05) is 23.2 Å². The Balaban J connectivity index is 2.02. The van der Waals surface area contributed by atoms with Gasteiger partial charge in [0.05, 0.1) is 33.8 Å². The van der Waals surface area contributed by atoms with E-state index in [2.05, 4.69) is 15.5 Å². The van der Waals surface area contributed by atoms with Crippen LogP contribution in [0, 0.1) is 0 Å². The number of nitrogens with zero attached hydrogens (tertiary/aromatic N) is 1. The number of hydrogen-bond donors (Lipinski definition) is 3. The number of rotatable bonds is 2. The molecule has 0 saturated carbocycles. The average molecular weight is 293 g/mol. The maximum Gasteiger partial charge on any atom is 0.0672 e. The summed E-state index contributed by atoms with van der Waals surface area (Å²) < 4.78 is 0. The number of nitrogen functional groups attached to an aromatic ring is 1. The van der Waals surface area contributed by atoms with E-state index in [9.17, 15) is 0 Å². The second-order valence-electron chi connectivity index (χ2n) is 4.15. The summed E-state index contributed by atoms with van der Waals surface area (Å²) in [5.41, 5.74) is 9.04. The van der Waals surface area contributed by atoms with Gasteiger partial charge in [0.25, 0.3) is 0 Å². The predicted molar refractivity (Wildman–Crippen MR) is 80.3 cm³/mol. The van der Waals surface area contributed by atoms with E-state index >= 15 is 0 Å². The van der Waals surface area contributed by atoms with Crippen LogP contribution in [0.2, 0.25) is 10.0 Å². The number of aromatic amines is 1. The lowest BCUT2D eigenvalue weighted by Gasteiger charge is -2.11. The molecule has 1 heterocycles. The molecule has 3 rings (SSSR count). The van der Waals surface area contributed by atoms with Crippen molar-refractivity contribution in [2.45, 2.75) is 0 Å². The first-order valence-electron chi connectivity index (χ1n) is 5.58. The molecular formula is C13H10Cl2N4. The molecule has 0 unspecified atom stereocenters. The van der Waals surface area contributed by atoms with Crippen LogP contribution in [0.4, 0.5) is 17.1 Å². The Morgan fingerprint density at radius 1 is 1.11 bits per heavy atom. The van der Waals surface area contributed by atoms with Crippen molar-refractivity contribution in [2.24, 2.45) is 0 Å². The number of aromatic nitrogens is 2. The molecule has 0 aliphatic carbocycles. The summed E-state index contributed by atoms with van der Waals surface area (Å²) in [6.07, 6.45) is 1.73. The molecule has 0 aliphatic rings. The molecule has 0 spiro atoms. The van der Waals surface area contributed by atoms with Crippen LogP contribution in [-0.4, -0.2) is 10.2 Å². The number of nitrogens with two attached hydrogens (primary N) is 1. The van der Waals surface area contributed by atoms with Gasteiger partial charge >= 0.3 is 0 Å². The molecule has 0 bridgehead atoms. The molecule has 0 saturated heterocycles. The fraction of sp³-hybridized carbons (Fsp3) is 0. The Kier molecular flexibility index (Phi) is 2.97. The Morgan fingerprint density at radius 2 is 1.95 bits per heavy atom. The number of nitrogens with one attached hydrogen (secondary N) is 2. The van der Waals surface area contributed by atoms with Gasteiger partial charge in [0, 0.05) is 10.4 Å². The van der Waals surface area contributed by atoms with Gasteiger partial charge in [0.1, 0.15) is 0 Å². The summed E-state index contributed by atoms with van der Waals surface area (Å²) in [5, 5.41) is 12.1. The van der Waals surface area contributed by atoms with E-state index in [-0.39, 0.29) is 0 Å². The molecule has 6 heteroatoms. The van der Waals surface area contributed by atoms with Crippen molar-refractivity contribution in [3.05, 3.63) is 46.6 Å². The highest BCUT2D eigenvalue weighted by molar-refractivity contribution is 6.36. The number of benzene rings is 2. The highest BCUT2D eigenvalue weighted by atomic mass is 35.5. The number of fused-ring (bicyclic) bond motifs is 1. The first-order chi connectivity index (χ1) is 9.13. The monoisotopic (exact) mass is 292 g/mol. The van der Waals surface area contributed by atoms with Gasteiger partial charge in [-0.3, -0.25) is 5.10 Å². The van der Waals surface area contributed by atoms with Gasteiger partial charge in [0.2, 0.25) is 0 Å². The van der Waals surface area contributed by atoms with Gasteiger partial charge in [-0.15, -0.1) is 0 Å². The normalized spacial score (nSPS) is 10.8. The lowest BCUT2D eigenvalue weighted by atomic mass is 10.2. The van der Waals surface area contributed by atoms with Crippen molar-refractivity contribution < 1.29 is 0 Å². The first kappa shape index (κ1) is 12.1. The van der Waals surface area contributed by atoms with Crippen molar-refractivity contribution in [3.8, 4) is 0 Å². The molecular weight excluding hydrogens is 283 g/mol. The molecule has 3 aromatic rings. The number of anilines is 3. The van der Waals surface area contributed by atoms with Crippen LogP contribution in [0.15, 0.2) is 36.5 Å². The second kappa shape index (κ2) is 4.64. The standard InChI is InChI=1S/C13H10Cl2N4/c14-8-1-2-11(9(15)4-8)18-13-5-12-7(3-10(13)16)6-17-19-12/h1-6,18H,16H2,(H,17,19). The molecule has 0 radical (unpaired) electrons. The Hall–Kier alpha value is -1.91. The molecule has 0 amide bonds. The van der Waals surface area contributed by atoms with Gasteiger partial charge in [-0.2, -0.15) is 5.10 Å². The van der Waals surface area contributed by atoms with Gasteiger partial charge in [0.15, 0.2) is 0 Å². The minimum absolute atomic E-state index is 0.539. The largest absolute Gasteiger partial charge is 0.397 e. The molecule has 2 aromatic carbocycles. The molecule has 19 heavy (non-hydrogen) atoms. The van der Waals surface area contributed by atoms with Crippen molar-refractivity contribution in [2.75, 3.05) is 11.1 Å². The maximum atomic E-state index is 6.12. The van der Waals surface area contributed by atoms with E-state index in [0.29, 0.717) is 15.7 Å². The van der Waals surface area contributed by atoms with E-state index in [1.807, 2.05) is 12.1 Å². The minimum Gasteiger partial charge on any atom is -0.397 e. The van der Waals surface area contributed by atoms with Gasteiger partial charge in [-0.25, -0.2) is 0 Å². The minimum atomic E-state index is 0.539. The van der Waals surface area contributed by atoms with Gasteiger partial charge < -0.3 is 11.1 Å². The molecule has 96 valence electrons. The van der Waals surface area contributed by atoms with E-state index in [4.69, 9.17) is 28.9 Å². The van der Waals surface area contributed by atoms with E-state index < -0.39 is 0 Å². The summed E-state index contributed by atoms with van der Waals surface area (Å²) in [6, 6.07) is 8.99. The number of H-pyrrole nitrogens is 1. The summed E-state index contributed by atoms with van der Waals surface area (Å²) in [7, 11) is 0. The summed E-state index contributed by atoms with van der Waals surface area (Å²) in [4.78, 5) is 0. The smallest absolute Gasteiger partial charge is 0.0672 e. The quantitative estimate of drug-likeness (QED) is 0.620. The van der Waals surface area contributed by atoms with Crippen LogP contribution in [0.1, 0.15) is 0 Å². The molecule has 1 aromatic heterocycles. The summed E-state index contributed by atoms with van der Waals surface area (Å²) in [6.45, 7) is 0. The lowest BCUT2D eigenvalue weighted by Crippen LogP contribution is -1.96. The molecule has 0 atom stereocenters. The Morgan fingerprint density at radius 3 is 2.74 bits per heavy atom. The second-order valence-corrected chi connectivity index (χ2v) is 4.99. The molecule has 4 N–H and O–H groups in total. The van der Waals surface area contributed by atoms with Crippen LogP contribution in [0.5, 0.6) is 0 Å². The summed E-state index contributed by atoms with van der Waals surface area (Å²) in [5.74, 6) is 0. The number of halogens is 2. The molecule has 0 aliphatic heterocycles. The molecule has 4 nitrogen and oxygen atoms in total. The third-order valence-electron chi connectivity index (χ3n) is 2.81. The van der Waals surface area contributed by atoms with Crippen molar-refractivity contribution in [1.29, 1.82) is 0 Å². The zero-order chi connectivity index (χ0) is 13.4. The van der Waals surface area contributed by atoms with Crippen LogP contribution < -0.4 is 11.1 Å². The van der Waals surface area contributed by atoms with Crippen molar-refractivity contribution in [1.82, 2.24) is 10.2 Å². The van der Waals surface area contributed by atoms with E-state index in [1.165, 1.54) is 0 Å². The number of hydrogen-bond acceptors (Lipinski definition) is 3. The summed E-state index contributed by atoms with van der Waals surface area (Å²) >= 11 is 12.0. The molecule has 0 fully saturated rings. The topological polar surface area (TPSA) is 66.7 Å². The SMILES string of the molecule is Nc1cc2cn[nH]c2cc1Nc1ccc(Cl)cc1Cl. The fourth-order valence-electron chi connectivity index (χ4n) is 1.85. The highest BCUT2D eigenvalue weighted by Gasteiger charge is 2.06. The zero-order valence-corrected chi connectivity index (χ0v) is 11.3. The third kappa shape index (κ3) is 2.32. The highest BCUT2D eigenvalue weighted by Crippen LogP contribution is 2.32. The zero-order valence-electron chi connectivity index (χ0n) is 9.74. The first-order valence-corrected chi connectivity index (χ1v) is 6.34. The van der Waals surface area contributed by atoms with Gasteiger partial charge in [-0.05, 0) is 30.3 Å². The van der Waals surface area contributed by atoms with Crippen LogP contribution in [-0.2, 0) is 0 Å². The van der Waals surface area contributed by atoms with Crippen LogP contribution in [0.3, 0.4) is 0 Å².